The fraction of sp³-hybridized carbons (Fsp3) is 0.526. The number of aromatic nitrogens is 2. The molecule has 1 atom stereocenters. The van der Waals surface area contributed by atoms with Crippen molar-refractivity contribution in [2.24, 2.45) is 0 Å². The Kier molecular flexibility index (Phi) is 6.87. The Balaban J connectivity index is 1.83. The molecule has 1 saturated heterocycles. The van der Waals surface area contributed by atoms with E-state index in [-0.39, 0.29) is 11.5 Å². The van der Waals surface area contributed by atoms with Crippen LogP contribution < -0.4 is 10.5 Å². The molecule has 0 amide bonds. The summed E-state index contributed by atoms with van der Waals surface area (Å²) in [6, 6.07) is 7.33. The molecule has 27 heavy (non-hydrogen) atoms. The summed E-state index contributed by atoms with van der Waals surface area (Å²) in [5.74, 6) is -0.327. The molecule has 0 radical (unpaired) electrons. The van der Waals surface area contributed by atoms with E-state index in [9.17, 15) is 9.59 Å². The summed E-state index contributed by atoms with van der Waals surface area (Å²) in [5.41, 5.74) is 0.592. The van der Waals surface area contributed by atoms with E-state index in [0.717, 1.165) is 39.3 Å². The van der Waals surface area contributed by atoms with Crippen LogP contribution in [0.3, 0.4) is 0 Å². The quantitative estimate of drug-likeness (QED) is 0.417. The standard InChI is InChI=1S/C19H25N3O4S/c1-14(18(24)25-2)27-19-20-16-7-4-3-6-15(16)17(23)22(19)9-5-8-21-10-12-26-13-11-21/h3-4,6-7,14H,5,8-13H2,1-2H3/p+1/t14-/m1/s1. The molecule has 3 rings (SSSR count). The van der Waals surface area contributed by atoms with Crippen LogP contribution in [-0.2, 0) is 20.8 Å². The second-order valence-corrected chi connectivity index (χ2v) is 7.93. The molecular formula is C19H26N3O4S+. The number of fused-ring (bicyclic) bond motifs is 1. The molecule has 0 saturated carbocycles. The van der Waals surface area contributed by atoms with Gasteiger partial charge in [0, 0.05) is 13.0 Å². The van der Waals surface area contributed by atoms with Crippen molar-refractivity contribution in [1.82, 2.24) is 9.55 Å². The van der Waals surface area contributed by atoms with Gasteiger partial charge in [0.15, 0.2) is 5.16 Å². The Bertz CT molecular complexity index is 848. The highest BCUT2D eigenvalue weighted by Gasteiger charge is 2.20. The average Bonchev–Trinajstić information content (AvgIpc) is 2.70. The van der Waals surface area contributed by atoms with E-state index in [0.29, 0.717) is 22.6 Å². The number of hydrogen-bond acceptors (Lipinski definition) is 6. The van der Waals surface area contributed by atoms with Crippen LogP contribution in [0, 0.1) is 0 Å². The van der Waals surface area contributed by atoms with Gasteiger partial charge in [-0.05, 0) is 19.1 Å². The highest BCUT2D eigenvalue weighted by molar-refractivity contribution is 8.00. The van der Waals surface area contributed by atoms with E-state index in [4.69, 9.17) is 9.47 Å². The number of quaternary nitrogens is 1. The van der Waals surface area contributed by atoms with Gasteiger partial charge in [-0.1, -0.05) is 23.9 Å². The monoisotopic (exact) mass is 392 g/mol. The zero-order valence-corrected chi connectivity index (χ0v) is 16.6. The lowest BCUT2D eigenvalue weighted by molar-refractivity contribution is -0.908. The largest absolute Gasteiger partial charge is 0.468 e. The van der Waals surface area contributed by atoms with Gasteiger partial charge in [-0.2, -0.15) is 0 Å². The zero-order valence-electron chi connectivity index (χ0n) is 15.8. The zero-order chi connectivity index (χ0) is 19.2. The number of thioether (sulfide) groups is 1. The Morgan fingerprint density at radius 1 is 1.37 bits per heavy atom. The van der Waals surface area contributed by atoms with Crippen LogP contribution in [0.2, 0.25) is 0 Å². The van der Waals surface area contributed by atoms with Crippen LogP contribution in [0.15, 0.2) is 34.2 Å². The Labute approximate surface area is 162 Å². The number of methoxy groups -OCH3 is 1. The third-order valence-electron chi connectivity index (χ3n) is 4.75. The van der Waals surface area contributed by atoms with Gasteiger partial charge in [0.2, 0.25) is 0 Å². The summed E-state index contributed by atoms with van der Waals surface area (Å²) in [7, 11) is 1.37. The number of carbonyl (C=O) groups is 1. The minimum absolute atomic E-state index is 0.0582. The summed E-state index contributed by atoms with van der Waals surface area (Å²) >= 11 is 1.27. The van der Waals surface area contributed by atoms with Gasteiger partial charge in [0.05, 0.1) is 37.8 Å². The van der Waals surface area contributed by atoms with E-state index in [1.165, 1.54) is 23.8 Å². The lowest BCUT2D eigenvalue weighted by atomic mass is 10.2. The predicted octanol–water partition coefficient (Wildman–Crippen LogP) is 0.355. The van der Waals surface area contributed by atoms with E-state index in [1.807, 2.05) is 18.2 Å². The molecule has 1 N–H and O–H groups in total. The number of rotatable bonds is 7. The summed E-state index contributed by atoms with van der Waals surface area (Å²) in [4.78, 5) is 31.0. The second kappa shape index (κ2) is 9.34. The van der Waals surface area contributed by atoms with Crippen LogP contribution in [-0.4, -0.2) is 60.7 Å². The van der Waals surface area contributed by atoms with Crippen LogP contribution in [0.1, 0.15) is 13.3 Å². The predicted molar refractivity (Wildman–Crippen MR) is 104 cm³/mol. The molecule has 8 heteroatoms. The molecule has 0 unspecified atom stereocenters. The average molecular weight is 393 g/mol. The van der Waals surface area contributed by atoms with Gasteiger partial charge in [-0.15, -0.1) is 0 Å². The lowest BCUT2D eigenvalue weighted by Crippen LogP contribution is -3.14. The first-order chi connectivity index (χ1) is 13.1. The van der Waals surface area contributed by atoms with Crippen LogP contribution >= 0.6 is 11.8 Å². The number of ether oxygens (including phenoxy) is 2. The number of benzene rings is 1. The molecule has 2 heterocycles. The molecule has 0 bridgehead atoms. The van der Waals surface area contributed by atoms with Gasteiger partial charge in [0.25, 0.3) is 5.56 Å². The van der Waals surface area contributed by atoms with Gasteiger partial charge in [-0.25, -0.2) is 4.98 Å². The lowest BCUT2D eigenvalue weighted by Gasteiger charge is -2.24. The molecule has 1 aromatic heterocycles. The van der Waals surface area contributed by atoms with Crippen molar-refractivity contribution in [1.29, 1.82) is 0 Å². The molecule has 0 spiro atoms. The maximum atomic E-state index is 13.0. The number of nitrogens with one attached hydrogen (secondary N) is 1. The third kappa shape index (κ3) is 4.88. The highest BCUT2D eigenvalue weighted by atomic mass is 32.2. The highest BCUT2D eigenvalue weighted by Crippen LogP contribution is 2.23. The number of nitrogens with zero attached hydrogens (tertiary/aromatic N) is 2. The van der Waals surface area contributed by atoms with Crippen molar-refractivity contribution < 1.29 is 19.2 Å². The van der Waals surface area contributed by atoms with Crippen LogP contribution in [0.25, 0.3) is 10.9 Å². The molecule has 1 aliphatic rings. The molecular weight excluding hydrogens is 366 g/mol. The molecule has 7 nitrogen and oxygen atoms in total. The summed E-state index contributed by atoms with van der Waals surface area (Å²) < 4.78 is 11.9. The minimum atomic E-state index is -0.431. The maximum Gasteiger partial charge on any atom is 0.318 e. The molecule has 0 aliphatic carbocycles. The fourth-order valence-corrected chi connectivity index (χ4v) is 4.17. The number of morpholine rings is 1. The van der Waals surface area contributed by atoms with Crippen molar-refractivity contribution in [3.63, 3.8) is 0 Å². The Morgan fingerprint density at radius 2 is 2.11 bits per heavy atom. The molecule has 1 fully saturated rings. The van der Waals surface area contributed by atoms with Gasteiger partial charge >= 0.3 is 5.97 Å². The smallest absolute Gasteiger partial charge is 0.318 e. The van der Waals surface area contributed by atoms with E-state index in [2.05, 4.69) is 4.98 Å². The number of carbonyl (C=O) groups excluding carboxylic acids is 1. The van der Waals surface area contributed by atoms with Crippen LogP contribution in [0.4, 0.5) is 0 Å². The van der Waals surface area contributed by atoms with E-state index in [1.54, 1.807) is 17.6 Å². The minimum Gasteiger partial charge on any atom is -0.468 e. The molecule has 1 aromatic carbocycles. The molecule has 1 aliphatic heterocycles. The molecule has 2 aromatic rings. The third-order valence-corrected chi connectivity index (χ3v) is 5.82. The fourth-order valence-electron chi connectivity index (χ4n) is 3.20. The van der Waals surface area contributed by atoms with Gasteiger partial charge in [-0.3, -0.25) is 14.2 Å². The van der Waals surface area contributed by atoms with Crippen molar-refractivity contribution in [2.75, 3.05) is 40.0 Å². The van der Waals surface area contributed by atoms with Crippen molar-refractivity contribution in [2.45, 2.75) is 30.3 Å². The first-order valence-electron chi connectivity index (χ1n) is 9.25. The summed E-state index contributed by atoms with van der Waals surface area (Å²) in [5, 5.41) is 0.735. The van der Waals surface area contributed by atoms with Crippen LogP contribution in [0.5, 0.6) is 0 Å². The Morgan fingerprint density at radius 3 is 2.85 bits per heavy atom. The van der Waals surface area contributed by atoms with Gasteiger partial charge in [0.1, 0.15) is 18.3 Å². The first kappa shape index (κ1) is 19.9. The van der Waals surface area contributed by atoms with Crippen molar-refractivity contribution in [3.05, 3.63) is 34.6 Å². The maximum absolute atomic E-state index is 13.0. The Hall–Kier alpha value is -1.90. The topological polar surface area (TPSA) is 74.9 Å². The molecule has 146 valence electrons. The summed E-state index contributed by atoms with van der Waals surface area (Å²) in [6.07, 6.45) is 0.870. The second-order valence-electron chi connectivity index (χ2n) is 6.62. The first-order valence-corrected chi connectivity index (χ1v) is 10.1. The number of hydrogen-bond donors (Lipinski definition) is 1. The number of esters is 1. The number of para-hydroxylation sites is 1. The van der Waals surface area contributed by atoms with Crippen molar-refractivity contribution in [3.8, 4) is 0 Å². The summed E-state index contributed by atoms with van der Waals surface area (Å²) in [6.45, 7) is 6.93. The SMILES string of the molecule is COC(=O)[C@@H](C)Sc1nc2ccccc2c(=O)n1CCC[NH+]1CCOCC1. The van der Waals surface area contributed by atoms with Crippen molar-refractivity contribution >= 4 is 28.6 Å². The normalized spacial score (nSPS) is 16.4. The van der Waals surface area contributed by atoms with E-state index < -0.39 is 5.25 Å². The van der Waals surface area contributed by atoms with Gasteiger partial charge < -0.3 is 14.4 Å². The van der Waals surface area contributed by atoms with E-state index >= 15 is 0 Å².